The molecule has 2 N–H and O–H groups in total. The highest BCUT2D eigenvalue weighted by Crippen LogP contribution is 2.18. The van der Waals surface area contributed by atoms with Gasteiger partial charge in [0.15, 0.2) is 0 Å². The number of hydrogen-bond acceptors (Lipinski definition) is 3. The van der Waals surface area contributed by atoms with Gasteiger partial charge in [-0.2, -0.15) is 0 Å². The summed E-state index contributed by atoms with van der Waals surface area (Å²) in [5, 5.41) is 0. The van der Waals surface area contributed by atoms with Gasteiger partial charge in [-0.3, -0.25) is 4.90 Å². The molecule has 0 atom stereocenters. The molecule has 1 fully saturated rings. The van der Waals surface area contributed by atoms with Gasteiger partial charge in [0.05, 0.1) is 6.61 Å². The van der Waals surface area contributed by atoms with Crippen molar-refractivity contribution >= 4 is 0 Å². The molecule has 1 aliphatic heterocycles. The average molecular weight is 324 g/mol. The molecule has 24 heavy (non-hydrogen) atoms. The minimum atomic E-state index is 0.389. The standard InChI is InChI=1S/C21H28N2O/c22-20-11-13-23(14-12-20)17-19-8-4-10-21(16-19)24-15-5-9-18-6-2-1-3-7-18/h1-4,6-8,10,16,20H,5,9,11-15,17,22H2. The SMILES string of the molecule is NC1CCN(Cc2cccc(OCCCc3ccccc3)c2)CC1. The van der Waals surface area contributed by atoms with Crippen LogP contribution < -0.4 is 10.5 Å². The first-order chi connectivity index (χ1) is 11.8. The zero-order valence-electron chi connectivity index (χ0n) is 14.4. The summed E-state index contributed by atoms with van der Waals surface area (Å²) in [6, 6.07) is 19.5. The van der Waals surface area contributed by atoms with Crippen molar-refractivity contribution in [2.45, 2.75) is 38.3 Å². The molecule has 0 unspecified atom stereocenters. The molecular weight excluding hydrogens is 296 g/mol. The van der Waals surface area contributed by atoms with E-state index in [0.717, 1.165) is 57.7 Å². The van der Waals surface area contributed by atoms with Gasteiger partial charge in [-0.1, -0.05) is 42.5 Å². The molecule has 0 amide bonds. The third kappa shape index (κ3) is 5.36. The molecule has 3 heteroatoms. The Morgan fingerprint density at radius 3 is 2.50 bits per heavy atom. The number of nitrogens with two attached hydrogens (primary N) is 1. The van der Waals surface area contributed by atoms with Gasteiger partial charge in [0.1, 0.15) is 5.75 Å². The summed E-state index contributed by atoms with van der Waals surface area (Å²) in [5.41, 5.74) is 8.68. The Morgan fingerprint density at radius 2 is 1.71 bits per heavy atom. The van der Waals surface area contributed by atoms with E-state index in [0.29, 0.717) is 6.04 Å². The smallest absolute Gasteiger partial charge is 0.119 e. The lowest BCUT2D eigenvalue weighted by molar-refractivity contribution is 0.205. The molecule has 0 aliphatic carbocycles. The number of likely N-dealkylation sites (tertiary alicyclic amines) is 1. The summed E-state index contributed by atoms with van der Waals surface area (Å²) in [7, 11) is 0. The number of piperidine rings is 1. The van der Waals surface area contributed by atoms with Crippen molar-refractivity contribution < 1.29 is 4.74 Å². The Kier molecular flexibility index (Phi) is 6.27. The molecule has 0 saturated carbocycles. The van der Waals surface area contributed by atoms with Gasteiger partial charge in [-0.15, -0.1) is 0 Å². The fraction of sp³-hybridized carbons (Fsp3) is 0.429. The van der Waals surface area contributed by atoms with Crippen LogP contribution in [-0.2, 0) is 13.0 Å². The van der Waals surface area contributed by atoms with Crippen LogP contribution in [0, 0.1) is 0 Å². The first-order valence-corrected chi connectivity index (χ1v) is 9.03. The van der Waals surface area contributed by atoms with Gasteiger partial charge in [0.2, 0.25) is 0 Å². The van der Waals surface area contributed by atoms with Gasteiger partial charge in [0, 0.05) is 12.6 Å². The number of nitrogens with zero attached hydrogens (tertiary/aromatic N) is 1. The number of aryl methyl sites for hydroxylation is 1. The predicted octanol–water partition coefficient (Wildman–Crippen LogP) is 3.62. The predicted molar refractivity (Wildman–Crippen MR) is 99.2 cm³/mol. The lowest BCUT2D eigenvalue weighted by Gasteiger charge is -2.30. The second-order valence-electron chi connectivity index (χ2n) is 6.70. The molecule has 0 bridgehead atoms. The zero-order chi connectivity index (χ0) is 16.6. The topological polar surface area (TPSA) is 38.5 Å². The summed E-state index contributed by atoms with van der Waals surface area (Å²) in [4.78, 5) is 2.48. The average Bonchev–Trinajstić information content (AvgIpc) is 2.62. The van der Waals surface area contributed by atoms with Crippen molar-refractivity contribution in [3.63, 3.8) is 0 Å². The third-order valence-electron chi connectivity index (χ3n) is 4.66. The number of hydrogen-bond donors (Lipinski definition) is 1. The Hall–Kier alpha value is -1.84. The second-order valence-corrected chi connectivity index (χ2v) is 6.70. The lowest BCUT2D eigenvalue weighted by Crippen LogP contribution is -2.39. The van der Waals surface area contributed by atoms with Gasteiger partial charge in [-0.05, 0) is 62.0 Å². The van der Waals surface area contributed by atoms with E-state index >= 15 is 0 Å². The van der Waals surface area contributed by atoms with Crippen molar-refractivity contribution in [3.8, 4) is 5.75 Å². The van der Waals surface area contributed by atoms with Gasteiger partial charge < -0.3 is 10.5 Å². The van der Waals surface area contributed by atoms with Crippen LogP contribution in [-0.4, -0.2) is 30.6 Å². The molecule has 2 aromatic rings. The largest absolute Gasteiger partial charge is 0.494 e. The van der Waals surface area contributed by atoms with Gasteiger partial charge in [0.25, 0.3) is 0 Å². The van der Waals surface area contributed by atoms with Gasteiger partial charge >= 0.3 is 0 Å². The quantitative estimate of drug-likeness (QED) is 0.791. The minimum Gasteiger partial charge on any atom is -0.494 e. The summed E-state index contributed by atoms with van der Waals surface area (Å²) in [6.45, 7) is 3.96. The number of benzene rings is 2. The number of ether oxygens (including phenoxy) is 1. The van der Waals surface area contributed by atoms with E-state index in [1.807, 2.05) is 0 Å². The van der Waals surface area contributed by atoms with Gasteiger partial charge in [-0.25, -0.2) is 0 Å². The van der Waals surface area contributed by atoms with Crippen molar-refractivity contribution in [2.24, 2.45) is 5.73 Å². The van der Waals surface area contributed by atoms with Crippen LogP contribution in [0.2, 0.25) is 0 Å². The molecule has 1 aliphatic rings. The van der Waals surface area contributed by atoms with Crippen molar-refractivity contribution in [1.29, 1.82) is 0 Å². The summed E-state index contributed by atoms with van der Waals surface area (Å²) < 4.78 is 5.94. The Bertz CT molecular complexity index is 606. The molecule has 0 spiro atoms. The fourth-order valence-corrected chi connectivity index (χ4v) is 3.21. The van der Waals surface area contributed by atoms with Crippen LogP contribution in [0.1, 0.15) is 30.4 Å². The molecule has 3 nitrogen and oxygen atoms in total. The van der Waals surface area contributed by atoms with E-state index in [1.54, 1.807) is 0 Å². The molecule has 0 radical (unpaired) electrons. The normalized spacial score (nSPS) is 16.2. The van der Waals surface area contributed by atoms with E-state index in [2.05, 4.69) is 59.5 Å². The highest BCUT2D eigenvalue weighted by Gasteiger charge is 2.15. The lowest BCUT2D eigenvalue weighted by atomic mass is 10.1. The van der Waals surface area contributed by atoms with Crippen molar-refractivity contribution in [1.82, 2.24) is 4.90 Å². The molecule has 1 saturated heterocycles. The third-order valence-corrected chi connectivity index (χ3v) is 4.66. The Morgan fingerprint density at radius 1 is 0.958 bits per heavy atom. The minimum absolute atomic E-state index is 0.389. The Balaban J connectivity index is 1.43. The molecule has 2 aromatic carbocycles. The van der Waals surface area contributed by atoms with Crippen LogP contribution in [0.15, 0.2) is 54.6 Å². The molecule has 0 aromatic heterocycles. The monoisotopic (exact) mass is 324 g/mol. The molecular formula is C21H28N2O. The van der Waals surface area contributed by atoms with E-state index in [9.17, 15) is 0 Å². The van der Waals surface area contributed by atoms with Crippen LogP contribution >= 0.6 is 0 Å². The van der Waals surface area contributed by atoms with Crippen LogP contribution in [0.4, 0.5) is 0 Å². The first kappa shape index (κ1) is 17.0. The maximum atomic E-state index is 5.98. The summed E-state index contributed by atoms with van der Waals surface area (Å²) >= 11 is 0. The van der Waals surface area contributed by atoms with Crippen molar-refractivity contribution in [2.75, 3.05) is 19.7 Å². The summed E-state index contributed by atoms with van der Waals surface area (Å²) in [5.74, 6) is 0.981. The van der Waals surface area contributed by atoms with Crippen molar-refractivity contribution in [3.05, 3.63) is 65.7 Å². The molecule has 128 valence electrons. The fourth-order valence-electron chi connectivity index (χ4n) is 3.21. The maximum Gasteiger partial charge on any atom is 0.119 e. The maximum absolute atomic E-state index is 5.98. The van der Waals surface area contributed by atoms with Crippen LogP contribution in [0.25, 0.3) is 0 Å². The van der Waals surface area contributed by atoms with E-state index in [1.165, 1.54) is 11.1 Å². The van der Waals surface area contributed by atoms with E-state index in [-0.39, 0.29) is 0 Å². The van der Waals surface area contributed by atoms with Crippen LogP contribution in [0.5, 0.6) is 5.75 Å². The Labute approximate surface area is 145 Å². The highest BCUT2D eigenvalue weighted by molar-refractivity contribution is 5.28. The first-order valence-electron chi connectivity index (χ1n) is 9.03. The highest BCUT2D eigenvalue weighted by atomic mass is 16.5. The second kappa shape index (κ2) is 8.86. The molecule has 1 heterocycles. The van der Waals surface area contributed by atoms with E-state index in [4.69, 9.17) is 10.5 Å². The summed E-state index contributed by atoms with van der Waals surface area (Å²) in [6.07, 6.45) is 4.32. The number of rotatable bonds is 7. The zero-order valence-corrected chi connectivity index (χ0v) is 14.4. The molecule has 3 rings (SSSR count). The van der Waals surface area contributed by atoms with E-state index < -0.39 is 0 Å². The van der Waals surface area contributed by atoms with Crippen LogP contribution in [0.3, 0.4) is 0 Å².